The van der Waals surface area contributed by atoms with Crippen LogP contribution in [-0.2, 0) is 9.59 Å². The number of carboxylic acid groups (broad SMARTS) is 1. The summed E-state index contributed by atoms with van der Waals surface area (Å²) in [6.07, 6.45) is 1.66. The summed E-state index contributed by atoms with van der Waals surface area (Å²) in [6.45, 7) is 0.375. The molecule has 5 heteroatoms. The van der Waals surface area contributed by atoms with Crippen LogP contribution in [-0.4, -0.2) is 48.1 Å². The van der Waals surface area contributed by atoms with Gasteiger partial charge in [-0.05, 0) is 19.9 Å². The summed E-state index contributed by atoms with van der Waals surface area (Å²) in [5.41, 5.74) is 0. The smallest absolute Gasteiger partial charge is 0.323 e. The molecule has 0 radical (unpaired) electrons. The molecule has 5 nitrogen and oxygen atoms in total. The number of amides is 1. The second kappa shape index (κ2) is 4.23. The quantitative estimate of drug-likeness (QED) is 0.610. The van der Waals surface area contributed by atoms with E-state index in [4.69, 9.17) is 5.11 Å². The Morgan fingerprint density at radius 3 is 3.00 bits per heavy atom. The van der Waals surface area contributed by atoms with Gasteiger partial charge in [0.2, 0.25) is 5.91 Å². The predicted molar refractivity (Wildman–Crippen MR) is 46.3 cm³/mol. The number of nitrogens with one attached hydrogen (secondary N) is 1. The number of likely N-dealkylation sites (N-methyl/N-ethyl adjacent to an activating group) is 1. The lowest BCUT2D eigenvalue weighted by Gasteiger charge is -2.30. The van der Waals surface area contributed by atoms with Crippen molar-refractivity contribution in [1.82, 2.24) is 10.2 Å². The van der Waals surface area contributed by atoms with E-state index in [2.05, 4.69) is 5.32 Å². The van der Waals surface area contributed by atoms with Crippen molar-refractivity contribution in [3.63, 3.8) is 0 Å². The van der Waals surface area contributed by atoms with Crippen molar-refractivity contribution in [3.8, 4) is 0 Å². The average molecular weight is 186 g/mol. The Balaban J connectivity index is 2.54. The second-order valence-electron chi connectivity index (χ2n) is 3.14. The zero-order valence-corrected chi connectivity index (χ0v) is 7.62. The summed E-state index contributed by atoms with van der Waals surface area (Å²) >= 11 is 0. The maximum absolute atomic E-state index is 11.5. The standard InChI is InChI=1S/C8H14N2O3/c1-9-6-3-2-4-10(8(6)13)5-7(11)12/h6,9H,2-5H2,1H3,(H,11,12)/t6-/m0/s1. The van der Waals surface area contributed by atoms with Crippen LogP contribution in [0.1, 0.15) is 12.8 Å². The molecule has 0 aromatic rings. The van der Waals surface area contributed by atoms with Gasteiger partial charge in [0, 0.05) is 6.54 Å². The lowest BCUT2D eigenvalue weighted by molar-refractivity contribution is -0.146. The molecule has 74 valence electrons. The first kappa shape index (κ1) is 9.98. The number of piperidine rings is 1. The fourth-order valence-electron chi connectivity index (χ4n) is 1.53. The van der Waals surface area contributed by atoms with E-state index in [9.17, 15) is 9.59 Å². The highest BCUT2D eigenvalue weighted by atomic mass is 16.4. The maximum atomic E-state index is 11.5. The number of likely N-dealkylation sites (tertiary alicyclic amines) is 1. The highest BCUT2D eigenvalue weighted by Crippen LogP contribution is 2.10. The molecule has 1 aliphatic heterocycles. The molecule has 1 rings (SSSR count). The van der Waals surface area contributed by atoms with E-state index in [1.165, 1.54) is 4.90 Å². The number of carbonyl (C=O) groups is 2. The SMILES string of the molecule is CN[C@H]1CCCN(CC(=O)O)C1=O. The minimum absolute atomic E-state index is 0.101. The Morgan fingerprint density at radius 1 is 1.77 bits per heavy atom. The Morgan fingerprint density at radius 2 is 2.46 bits per heavy atom. The zero-order chi connectivity index (χ0) is 9.84. The van der Waals surface area contributed by atoms with E-state index in [0.717, 1.165) is 12.8 Å². The fourth-order valence-corrected chi connectivity index (χ4v) is 1.53. The van der Waals surface area contributed by atoms with Gasteiger partial charge in [0.15, 0.2) is 0 Å². The summed E-state index contributed by atoms with van der Waals surface area (Å²) in [5, 5.41) is 11.4. The van der Waals surface area contributed by atoms with E-state index in [1.807, 2.05) is 0 Å². The third-order valence-electron chi connectivity index (χ3n) is 2.21. The van der Waals surface area contributed by atoms with Crippen LogP contribution in [0, 0.1) is 0 Å². The first-order valence-electron chi connectivity index (χ1n) is 4.33. The number of carboxylic acids is 1. The van der Waals surface area contributed by atoms with Crippen molar-refractivity contribution in [2.45, 2.75) is 18.9 Å². The molecule has 1 amide bonds. The van der Waals surface area contributed by atoms with Crippen LogP contribution < -0.4 is 5.32 Å². The van der Waals surface area contributed by atoms with Gasteiger partial charge in [0.25, 0.3) is 0 Å². The Hall–Kier alpha value is -1.10. The number of aliphatic carboxylic acids is 1. The molecule has 0 bridgehead atoms. The van der Waals surface area contributed by atoms with Gasteiger partial charge in [-0.25, -0.2) is 0 Å². The van der Waals surface area contributed by atoms with Gasteiger partial charge in [-0.1, -0.05) is 0 Å². The van der Waals surface area contributed by atoms with Crippen LogP contribution in [0.5, 0.6) is 0 Å². The van der Waals surface area contributed by atoms with Gasteiger partial charge in [0.1, 0.15) is 6.54 Å². The van der Waals surface area contributed by atoms with Crippen LogP contribution in [0.15, 0.2) is 0 Å². The normalized spacial score (nSPS) is 23.3. The van der Waals surface area contributed by atoms with Crippen LogP contribution in [0.2, 0.25) is 0 Å². The summed E-state index contributed by atoms with van der Waals surface area (Å²) in [5.74, 6) is -1.05. The van der Waals surface area contributed by atoms with E-state index in [1.54, 1.807) is 7.05 Å². The number of hydrogen-bond donors (Lipinski definition) is 2. The average Bonchev–Trinajstić information content (AvgIpc) is 2.08. The molecule has 0 spiro atoms. The summed E-state index contributed by atoms with van der Waals surface area (Å²) < 4.78 is 0. The molecule has 1 atom stereocenters. The van der Waals surface area contributed by atoms with Crippen molar-refractivity contribution in [2.24, 2.45) is 0 Å². The predicted octanol–water partition coefficient (Wildman–Crippen LogP) is -0.719. The molecule has 1 heterocycles. The number of hydrogen-bond acceptors (Lipinski definition) is 3. The van der Waals surface area contributed by atoms with E-state index >= 15 is 0 Å². The van der Waals surface area contributed by atoms with Crippen LogP contribution >= 0.6 is 0 Å². The van der Waals surface area contributed by atoms with Gasteiger partial charge in [-0.15, -0.1) is 0 Å². The zero-order valence-electron chi connectivity index (χ0n) is 7.62. The highest BCUT2D eigenvalue weighted by molar-refractivity contribution is 5.85. The van der Waals surface area contributed by atoms with E-state index < -0.39 is 5.97 Å². The Bertz CT molecular complexity index is 217. The third-order valence-corrected chi connectivity index (χ3v) is 2.21. The van der Waals surface area contributed by atoms with Crippen molar-refractivity contribution in [2.75, 3.05) is 20.1 Å². The largest absolute Gasteiger partial charge is 0.480 e. The second-order valence-corrected chi connectivity index (χ2v) is 3.14. The fraction of sp³-hybridized carbons (Fsp3) is 0.750. The molecule has 0 aromatic heterocycles. The van der Waals surface area contributed by atoms with Crippen molar-refractivity contribution < 1.29 is 14.7 Å². The molecule has 1 aliphatic rings. The summed E-state index contributed by atoms with van der Waals surface area (Å²) in [6, 6.07) is -0.201. The first-order valence-corrected chi connectivity index (χ1v) is 4.33. The lowest BCUT2D eigenvalue weighted by Crippen LogP contribution is -2.51. The number of carbonyl (C=O) groups excluding carboxylic acids is 1. The molecular weight excluding hydrogens is 172 g/mol. The number of rotatable bonds is 3. The molecule has 1 saturated heterocycles. The van der Waals surface area contributed by atoms with Gasteiger partial charge < -0.3 is 15.3 Å². The van der Waals surface area contributed by atoms with Gasteiger partial charge in [0.05, 0.1) is 6.04 Å². The minimum atomic E-state index is -0.954. The van der Waals surface area contributed by atoms with Gasteiger partial charge in [-0.3, -0.25) is 9.59 Å². The van der Waals surface area contributed by atoms with Crippen molar-refractivity contribution >= 4 is 11.9 Å². The van der Waals surface area contributed by atoms with Crippen molar-refractivity contribution in [3.05, 3.63) is 0 Å². The summed E-state index contributed by atoms with van der Waals surface area (Å²) in [4.78, 5) is 23.3. The first-order chi connectivity index (χ1) is 6.15. The molecule has 1 fully saturated rings. The Labute approximate surface area is 76.7 Å². The third kappa shape index (κ3) is 2.42. The minimum Gasteiger partial charge on any atom is -0.480 e. The molecule has 0 aromatic carbocycles. The highest BCUT2D eigenvalue weighted by Gasteiger charge is 2.28. The molecule has 13 heavy (non-hydrogen) atoms. The topological polar surface area (TPSA) is 69.6 Å². The van der Waals surface area contributed by atoms with Gasteiger partial charge in [-0.2, -0.15) is 0 Å². The monoisotopic (exact) mass is 186 g/mol. The van der Waals surface area contributed by atoms with E-state index in [0.29, 0.717) is 6.54 Å². The van der Waals surface area contributed by atoms with Gasteiger partial charge >= 0.3 is 5.97 Å². The number of nitrogens with zero attached hydrogens (tertiary/aromatic N) is 1. The van der Waals surface area contributed by atoms with E-state index in [-0.39, 0.29) is 18.5 Å². The van der Waals surface area contributed by atoms with Crippen LogP contribution in [0.4, 0.5) is 0 Å². The van der Waals surface area contributed by atoms with Crippen molar-refractivity contribution in [1.29, 1.82) is 0 Å². The van der Waals surface area contributed by atoms with Crippen LogP contribution in [0.25, 0.3) is 0 Å². The molecular formula is C8H14N2O3. The van der Waals surface area contributed by atoms with Crippen LogP contribution in [0.3, 0.4) is 0 Å². The molecule has 0 saturated carbocycles. The molecule has 2 N–H and O–H groups in total. The lowest BCUT2D eigenvalue weighted by atomic mass is 10.1. The summed E-state index contributed by atoms with van der Waals surface area (Å²) in [7, 11) is 1.72. The molecule has 0 aliphatic carbocycles. The maximum Gasteiger partial charge on any atom is 0.323 e. The molecule has 0 unspecified atom stereocenters. The Kier molecular flexibility index (Phi) is 3.25.